The molecule has 0 saturated heterocycles. The highest BCUT2D eigenvalue weighted by molar-refractivity contribution is 5.89. The summed E-state index contributed by atoms with van der Waals surface area (Å²) < 4.78 is 0. The number of amides is 2. The number of nitrogens with zero attached hydrogens (tertiary/aromatic N) is 1. The zero-order valence-corrected chi connectivity index (χ0v) is 19.6. The Morgan fingerprint density at radius 2 is 1.56 bits per heavy atom. The molecule has 32 heavy (non-hydrogen) atoms. The molecular formula is C28H34N2O2. The van der Waals surface area contributed by atoms with E-state index in [1.54, 1.807) is 4.90 Å². The summed E-state index contributed by atoms with van der Waals surface area (Å²) in [5.41, 5.74) is 3.34. The normalized spacial score (nSPS) is 12.9. The van der Waals surface area contributed by atoms with Gasteiger partial charge in [-0.15, -0.1) is 0 Å². The Morgan fingerprint density at radius 3 is 2.31 bits per heavy atom. The molecule has 0 unspecified atom stereocenters. The third-order valence-corrected chi connectivity index (χ3v) is 6.26. The smallest absolute Gasteiger partial charge is 0.242 e. The molecule has 0 aliphatic heterocycles. The van der Waals surface area contributed by atoms with Crippen LogP contribution in [0.5, 0.6) is 0 Å². The van der Waals surface area contributed by atoms with Gasteiger partial charge in [0.2, 0.25) is 11.8 Å². The Labute approximate surface area is 191 Å². The van der Waals surface area contributed by atoms with Gasteiger partial charge in [-0.25, -0.2) is 0 Å². The summed E-state index contributed by atoms with van der Waals surface area (Å²) in [5.74, 6) is -0.112. The van der Waals surface area contributed by atoms with Gasteiger partial charge in [0.25, 0.3) is 0 Å². The lowest BCUT2D eigenvalue weighted by atomic mass is 10.00. The quantitative estimate of drug-likeness (QED) is 0.493. The summed E-state index contributed by atoms with van der Waals surface area (Å²) >= 11 is 0. The Hall–Kier alpha value is -3.14. The molecule has 3 aromatic carbocycles. The summed E-state index contributed by atoms with van der Waals surface area (Å²) in [6.45, 7) is 8.31. The fraction of sp³-hybridized carbons (Fsp3) is 0.357. The fourth-order valence-electron chi connectivity index (χ4n) is 3.91. The van der Waals surface area contributed by atoms with E-state index < -0.39 is 6.04 Å². The first-order valence-corrected chi connectivity index (χ1v) is 11.5. The molecule has 2 amide bonds. The zero-order valence-electron chi connectivity index (χ0n) is 19.6. The highest BCUT2D eigenvalue weighted by Gasteiger charge is 2.27. The SMILES string of the molecule is CC[C@@H](C)NC(=O)[C@@H](C)N(Cc1ccccc1C)C(=O)CCc1cccc2ccccc12. The Morgan fingerprint density at radius 1 is 0.906 bits per heavy atom. The van der Waals surface area contributed by atoms with E-state index in [0.29, 0.717) is 19.4 Å². The average molecular weight is 431 g/mol. The van der Waals surface area contributed by atoms with Gasteiger partial charge >= 0.3 is 0 Å². The summed E-state index contributed by atoms with van der Waals surface area (Å²) in [7, 11) is 0. The molecule has 0 heterocycles. The van der Waals surface area contributed by atoms with Crippen LogP contribution in [0, 0.1) is 6.92 Å². The van der Waals surface area contributed by atoms with Crippen molar-refractivity contribution in [2.45, 2.75) is 65.6 Å². The molecule has 3 rings (SSSR count). The minimum absolute atomic E-state index is 0.00649. The fourth-order valence-corrected chi connectivity index (χ4v) is 3.91. The second kappa shape index (κ2) is 10.9. The van der Waals surface area contributed by atoms with Gasteiger partial charge in [0, 0.05) is 19.0 Å². The Bertz CT molecular complexity index is 1070. The van der Waals surface area contributed by atoms with Crippen molar-refractivity contribution >= 4 is 22.6 Å². The predicted octanol–water partition coefficient (Wildman–Crippen LogP) is 5.41. The summed E-state index contributed by atoms with van der Waals surface area (Å²) in [6, 6.07) is 22.0. The van der Waals surface area contributed by atoms with Crippen LogP contribution in [0.4, 0.5) is 0 Å². The van der Waals surface area contributed by atoms with Crippen LogP contribution in [0.2, 0.25) is 0 Å². The molecule has 168 valence electrons. The van der Waals surface area contributed by atoms with Crippen molar-refractivity contribution in [3.05, 3.63) is 83.4 Å². The molecule has 0 saturated carbocycles. The van der Waals surface area contributed by atoms with Crippen LogP contribution in [-0.4, -0.2) is 28.8 Å². The van der Waals surface area contributed by atoms with Crippen molar-refractivity contribution in [1.29, 1.82) is 0 Å². The van der Waals surface area contributed by atoms with Crippen molar-refractivity contribution in [3.63, 3.8) is 0 Å². The van der Waals surface area contributed by atoms with Crippen LogP contribution in [0.15, 0.2) is 66.7 Å². The van der Waals surface area contributed by atoms with Crippen molar-refractivity contribution in [2.75, 3.05) is 0 Å². The largest absolute Gasteiger partial charge is 0.352 e. The third-order valence-electron chi connectivity index (χ3n) is 6.26. The maximum absolute atomic E-state index is 13.4. The van der Waals surface area contributed by atoms with Gasteiger partial charge in [-0.05, 0) is 61.1 Å². The lowest BCUT2D eigenvalue weighted by molar-refractivity contribution is -0.140. The molecule has 0 aliphatic carbocycles. The maximum Gasteiger partial charge on any atom is 0.242 e. The van der Waals surface area contributed by atoms with Gasteiger partial charge in [-0.2, -0.15) is 0 Å². The van der Waals surface area contributed by atoms with Crippen LogP contribution < -0.4 is 5.32 Å². The number of carbonyl (C=O) groups is 2. The van der Waals surface area contributed by atoms with Crippen LogP contribution in [0.1, 0.15) is 50.3 Å². The van der Waals surface area contributed by atoms with E-state index in [2.05, 4.69) is 29.6 Å². The second-order valence-electron chi connectivity index (χ2n) is 8.58. The van der Waals surface area contributed by atoms with E-state index in [1.165, 1.54) is 10.8 Å². The number of carbonyl (C=O) groups excluding carboxylic acids is 2. The number of benzene rings is 3. The highest BCUT2D eigenvalue weighted by Crippen LogP contribution is 2.21. The van der Waals surface area contributed by atoms with Crippen LogP contribution in [0.25, 0.3) is 10.8 Å². The molecule has 0 aromatic heterocycles. The Kier molecular flexibility index (Phi) is 8.04. The number of rotatable bonds is 9. The topological polar surface area (TPSA) is 49.4 Å². The lowest BCUT2D eigenvalue weighted by Gasteiger charge is -2.30. The minimum Gasteiger partial charge on any atom is -0.352 e. The number of hydrogen-bond donors (Lipinski definition) is 1. The molecule has 3 aromatic rings. The van der Waals surface area contributed by atoms with Gasteiger partial charge in [0.05, 0.1) is 0 Å². The van der Waals surface area contributed by atoms with E-state index in [-0.39, 0.29) is 17.9 Å². The van der Waals surface area contributed by atoms with Gasteiger partial charge in [0.1, 0.15) is 6.04 Å². The molecule has 4 heteroatoms. The van der Waals surface area contributed by atoms with E-state index in [1.807, 2.05) is 70.2 Å². The highest BCUT2D eigenvalue weighted by atomic mass is 16.2. The van der Waals surface area contributed by atoms with E-state index in [9.17, 15) is 9.59 Å². The molecule has 0 fully saturated rings. The second-order valence-corrected chi connectivity index (χ2v) is 8.58. The maximum atomic E-state index is 13.4. The first-order valence-electron chi connectivity index (χ1n) is 11.5. The van der Waals surface area contributed by atoms with E-state index >= 15 is 0 Å². The summed E-state index contributed by atoms with van der Waals surface area (Å²) in [4.78, 5) is 28.0. The van der Waals surface area contributed by atoms with Gasteiger partial charge in [0.15, 0.2) is 0 Å². The lowest BCUT2D eigenvalue weighted by Crippen LogP contribution is -2.49. The molecule has 1 N–H and O–H groups in total. The van der Waals surface area contributed by atoms with Gasteiger partial charge in [-0.1, -0.05) is 73.7 Å². The minimum atomic E-state index is -0.538. The van der Waals surface area contributed by atoms with Gasteiger partial charge < -0.3 is 10.2 Å². The number of hydrogen-bond acceptors (Lipinski definition) is 2. The van der Waals surface area contributed by atoms with Gasteiger partial charge in [-0.3, -0.25) is 9.59 Å². The van der Waals surface area contributed by atoms with E-state index in [4.69, 9.17) is 0 Å². The van der Waals surface area contributed by atoms with Crippen molar-refractivity contribution in [3.8, 4) is 0 Å². The standard InChI is InChI=1S/C28H34N2O2/c1-5-21(3)29-28(32)22(4)30(19-25-13-7-6-11-20(25)2)27(31)18-17-24-15-10-14-23-12-8-9-16-26(23)24/h6-16,21-22H,5,17-19H2,1-4H3,(H,29,32)/t21-,22-/m1/s1. The van der Waals surface area contributed by atoms with Crippen LogP contribution in [0.3, 0.4) is 0 Å². The van der Waals surface area contributed by atoms with E-state index in [0.717, 1.165) is 23.1 Å². The molecular weight excluding hydrogens is 396 g/mol. The first-order chi connectivity index (χ1) is 15.4. The molecule has 0 bridgehead atoms. The van der Waals surface area contributed by atoms with Crippen molar-refractivity contribution < 1.29 is 9.59 Å². The van der Waals surface area contributed by atoms with Crippen LogP contribution in [-0.2, 0) is 22.6 Å². The average Bonchev–Trinajstić information content (AvgIpc) is 2.81. The Balaban J connectivity index is 1.80. The molecule has 0 aliphatic rings. The molecule has 0 radical (unpaired) electrons. The summed E-state index contributed by atoms with van der Waals surface area (Å²) in [5, 5.41) is 5.38. The third kappa shape index (κ3) is 5.76. The molecule has 2 atom stereocenters. The van der Waals surface area contributed by atoms with Crippen LogP contribution >= 0.6 is 0 Å². The van der Waals surface area contributed by atoms with Crippen molar-refractivity contribution in [1.82, 2.24) is 10.2 Å². The first kappa shape index (κ1) is 23.5. The monoisotopic (exact) mass is 430 g/mol. The zero-order chi connectivity index (χ0) is 23.1. The van der Waals surface area contributed by atoms with Crippen molar-refractivity contribution in [2.24, 2.45) is 0 Å². The number of nitrogens with one attached hydrogen (secondary N) is 1. The number of aryl methyl sites for hydroxylation is 2. The molecule has 4 nitrogen and oxygen atoms in total. The summed E-state index contributed by atoms with van der Waals surface area (Å²) in [6.07, 6.45) is 1.86. The molecule has 0 spiro atoms. The predicted molar refractivity (Wildman–Crippen MR) is 131 cm³/mol. The number of fused-ring (bicyclic) bond motifs is 1.